The summed E-state index contributed by atoms with van der Waals surface area (Å²) in [4.78, 5) is 8.60. The SMILES string of the molecule is CCNC(=NCc1noc(C)n1)NC1CCCC1.I. The van der Waals surface area contributed by atoms with Crippen LogP contribution in [0.15, 0.2) is 9.52 Å². The molecule has 0 aromatic carbocycles. The van der Waals surface area contributed by atoms with Crippen LogP contribution in [0.2, 0.25) is 0 Å². The van der Waals surface area contributed by atoms with Crippen LogP contribution >= 0.6 is 24.0 Å². The molecule has 108 valence electrons. The lowest BCUT2D eigenvalue weighted by molar-refractivity contribution is 0.387. The zero-order chi connectivity index (χ0) is 12.8. The van der Waals surface area contributed by atoms with E-state index in [4.69, 9.17) is 4.52 Å². The predicted octanol–water partition coefficient (Wildman–Crippen LogP) is 1.99. The molecule has 0 aliphatic heterocycles. The van der Waals surface area contributed by atoms with Gasteiger partial charge in [0.2, 0.25) is 5.89 Å². The molecule has 6 nitrogen and oxygen atoms in total. The zero-order valence-corrected chi connectivity index (χ0v) is 13.8. The number of guanidine groups is 1. The van der Waals surface area contributed by atoms with Crippen LogP contribution in [0.25, 0.3) is 0 Å². The number of aliphatic imine (C=N–C) groups is 1. The highest BCUT2D eigenvalue weighted by Crippen LogP contribution is 2.17. The van der Waals surface area contributed by atoms with Crippen molar-refractivity contribution in [1.29, 1.82) is 0 Å². The lowest BCUT2D eigenvalue weighted by atomic mass is 10.2. The van der Waals surface area contributed by atoms with Gasteiger partial charge in [0.05, 0.1) is 0 Å². The van der Waals surface area contributed by atoms with Gasteiger partial charge in [0.1, 0.15) is 6.54 Å². The molecule has 0 unspecified atom stereocenters. The number of aryl methyl sites for hydroxylation is 1. The second-order valence-corrected chi connectivity index (χ2v) is 4.55. The molecule has 7 heteroatoms. The van der Waals surface area contributed by atoms with Crippen molar-refractivity contribution >= 4 is 29.9 Å². The van der Waals surface area contributed by atoms with Crippen LogP contribution < -0.4 is 10.6 Å². The summed E-state index contributed by atoms with van der Waals surface area (Å²) in [6, 6.07) is 0.551. The predicted molar refractivity (Wildman–Crippen MR) is 84.7 cm³/mol. The molecule has 1 aliphatic carbocycles. The number of aromatic nitrogens is 2. The van der Waals surface area contributed by atoms with Gasteiger partial charge in [-0.1, -0.05) is 18.0 Å². The van der Waals surface area contributed by atoms with Crippen LogP contribution in [0.4, 0.5) is 0 Å². The van der Waals surface area contributed by atoms with Gasteiger partial charge in [-0.15, -0.1) is 24.0 Å². The average molecular weight is 379 g/mol. The zero-order valence-electron chi connectivity index (χ0n) is 11.5. The third-order valence-electron chi connectivity index (χ3n) is 2.99. The topological polar surface area (TPSA) is 75.3 Å². The van der Waals surface area contributed by atoms with E-state index in [1.165, 1.54) is 25.7 Å². The molecule has 0 amide bonds. The number of nitrogens with zero attached hydrogens (tertiary/aromatic N) is 3. The molecule has 0 saturated heterocycles. The minimum Gasteiger partial charge on any atom is -0.357 e. The number of nitrogens with one attached hydrogen (secondary N) is 2. The van der Waals surface area contributed by atoms with Gasteiger partial charge in [0, 0.05) is 19.5 Å². The molecule has 0 atom stereocenters. The molecule has 1 aliphatic rings. The van der Waals surface area contributed by atoms with Crippen molar-refractivity contribution in [2.45, 2.75) is 52.1 Å². The molecule has 0 radical (unpaired) electrons. The fourth-order valence-corrected chi connectivity index (χ4v) is 2.14. The first kappa shape index (κ1) is 16.2. The van der Waals surface area contributed by atoms with Gasteiger partial charge in [-0.05, 0) is 19.8 Å². The van der Waals surface area contributed by atoms with E-state index in [1.54, 1.807) is 6.92 Å². The molecule has 1 saturated carbocycles. The first-order chi connectivity index (χ1) is 8.78. The molecule has 0 bridgehead atoms. The Hall–Kier alpha value is -0.860. The van der Waals surface area contributed by atoms with E-state index in [1.807, 2.05) is 0 Å². The van der Waals surface area contributed by atoms with Crippen molar-refractivity contribution in [3.63, 3.8) is 0 Å². The second-order valence-electron chi connectivity index (χ2n) is 4.55. The van der Waals surface area contributed by atoms with Gasteiger partial charge in [-0.25, -0.2) is 4.99 Å². The van der Waals surface area contributed by atoms with E-state index in [0.29, 0.717) is 24.3 Å². The molecule has 2 N–H and O–H groups in total. The van der Waals surface area contributed by atoms with Crippen molar-refractivity contribution in [3.05, 3.63) is 11.7 Å². The maximum Gasteiger partial charge on any atom is 0.223 e. The Morgan fingerprint density at radius 1 is 1.42 bits per heavy atom. The fourth-order valence-electron chi connectivity index (χ4n) is 2.14. The van der Waals surface area contributed by atoms with Crippen LogP contribution in [0.1, 0.15) is 44.3 Å². The normalized spacial score (nSPS) is 16.2. The average Bonchev–Trinajstić information content (AvgIpc) is 2.98. The minimum atomic E-state index is 0. The quantitative estimate of drug-likeness (QED) is 0.476. The molecule has 1 aromatic rings. The number of hydrogen-bond donors (Lipinski definition) is 2. The lowest BCUT2D eigenvalue weighted by Gasteiger charge is -2.16. The van der Waals surface area contributed by atoms with Crippen molar-refractivity contribution < 1.29 is 4.52 Å². The van der Waals surface area contributed by atoms with E-state index in [2.05, 4.69) is 32.7 Å². The van der Waals surface area contributed by atoms with E-state index in [9.17, 15) is 0 Å². The van der Waals surface area contributed by atoms with Crippen molar-refractivity contribution in [2.24, 2.45) is 4.99 Å². The molecular formula is C12H22IN5O. The van der Waals surface area contributed by atoms with Gasteiger partial charge in [0.15, 0.2) is 11.8 Å². The van der Waals surface area contributed by atoms with E-state index in [0.717, 1.165) is 12.5 Å². The summed E-state index contributed by atoms with van der Waals surface area (Å²) in [6.07, 6.45) is 5.07. The Kier molecular flexibility index (Phi) is 7.11. The number of rotatable bonds is 4. The maximum absolute atomic E-state index is 4.92. The molecule has 1 heterocycles. The minimum absolute atomic E-state index is 0. The van der Waals surface area contributed by atoms with E-state index < -0.39 is 0 Å². The fraction of sp³-hybridized carbons (Fsp3) is 0.750. The monoisotopic (exact) mass is 379 g/mol. The first-order valence-corrected chi connectivity index (χ1v) is 6.62. The van der Waals surface area contributed by atoms with Gasteiger partial charge in [-0.2, -0.15) is 4.98 Å². The maximum atomic E-state index is 4.92. The van der Waals surface area contributed by atoms with E-state index >= 15 is 0 Å². The third kappa shape index (κ3) is 5.33. The Morgan fingerprint density at radius 2 is 2.16 bits per heavy atom. The summed E-state index contributed by atoms with van der Waals surface area (Å²) in [5.74, 6) is 2.04. The second kappa shape index (κ2) is 8.34. The third-order valence-corrected chi connectivity index (χ3v) is 2.99. The number of halogens is 1. The summed E-state index contributed by atoms with van der Waals surface area (Å²) < 4.78 is 4.92. The van der Waals surface area contributed by atoms with Crippen LogP contribution in [0, 0.1) is 6.92 Å². The van der Waals surface area contributed by atoms with Crippen molar-refractivity contribution in [2.75, 3.05) is 6.54 Å². The van der Waals surface area contributed by atoms with Gasteiger partial charge in [-0.3, -0.25) is 0 Å². The molecule has 1 aromatic heterocycles. The van der Waals surface area contributed by atoms with Crippen LogP contribution in [0.5, 0.6) is 0 Å². The van der Waals surface area contributed by atoms with Crippen LogP contribution in [-0.2, 0) is 6.54 Å². The summed E-state index contributed by atoms with van der Waals surface area (Å²) in [7, 11) is 0. The highest BCUT2D eigenvalue weighted by Gasteiger charge is 2.15. The molecule has 1 fully saturated rings. The molecule has 19 heavy (non-hydrogen) atoms. The van der Waals surface area contributed by atoms with Crippen LogP contribution in [-0.4, -0.2) is 28.7 Å². The van der Waals surface area contributed by atoms with Crippen LogP contribution in [0.3, 0.4) is 0 Å². The molecule has 2 rings (SSSR count). The number of hydrogen-bond acceptors (Lipinski definition) is 4. The molecular weight excluding hydrogens is 357 g/mol. The van der Waals surface area contributed by atoms with Gasteiger partial charge in [0.25, 0.3) is 0 Å². The highest BCUT2D eigenvalue weighted by molar-refractivity contribution is 14.0. The van der Waals surface area contributed by atoms with Crippen molar-refractivity contribution in [3.8, 4) is 0 Å². The summed E-state index contributed by atoms with van der Waals surface area (Å²) in [6.45, 7) is 5.13. The summed E-state index contributed by atoms with van der Waals surface area (Å²) in [5, 5.41) is 10.5. The summed E-state index contributed by atoms with van der Waals surface area (Å²) in [5.41, 5.74) is 0. The lowest BCUT2D eigenvalue weighted by Crippen LogP contribution is -2.42. The smallest absolute Gasteiger partial charge is 0.223 e. The molecule has 0 spiro atoms. The Balaban J connectivity index is 0.00000180. The largest absolute Gasteiger partial charge is 0.357 e. The Labute approximate surface area is 130 Å². The Bertz CT molecular complexity index is 401. The van der Waals surface area contributed by atoms with E-state index in [-0.39, 0.29) is 24.0 Å². The standard InChI is InChI=1S/C12H21N5O.HI/c1-3-13-12(16-10-6-4-5-7-10)14-8-11-15-9(2)18-17-11;/h10H,3-8H2,1-2H3,(H2,13,14,16);1H. The van der Waals surface area contributed by atoms with Gasteiger partial charge >= 0.3 is 0 Å². The highest BCUT2D eigenvalue weighted by atomic mass is 127. The van der Waals surface area contributed by atoms with Crippen molar-refractivity contribution in [1.82, 2.24) is 20.8 Å². The van der Waals surface area contributed by atoms with Gasteiger partial charge < -0.3 is 15.2 Å². The summed E-state index contributed by atoms with van der Waals surface area (Å²) >= 11 is 0. The first-order valence-electron chi connectivity index (χ1n) is 6.62. The Morgan fingerprint density at radius 3 is 2.74 bits per heavy atom.